The van der Waals surface area contributed by atoms with E-state index in [0.717, 1.165) is 0 Å². The summed E-state index contributed by atoms with van der Waals surface area (Å²) in [6, 6.07) is 1.43. The van der Waals surface area contributed by atoms with Gasteiger partial charge in [0.1, 0.15) is 0 Å². The zero-order valence-electron chi connectivity index (χ0n) is 5.28. The first-order chi connectivity index (χ1) is 5.11. The Balaban J connectivity index is 3.20. The summed E-state index contributed by atoms with van der Waals surface area (Å²) in [6.45, 7) is 0. The second kappa shape index (κ2) is 3.11. The molecule has 0 atom stereocenters. The Morgan fingerprint density at radius 3 is 2.82 bits per heavy atom. The van der Waals surface area contributed by atoms with E-state index in [4.69, 9.17) is 16.7 Å². The maximum atomic E-state index is 10.4. The molecule has 1 heterocycles. The highest BCUT2D eigenvalue weighted by atomic mass is 35.5. The summed E-state index contributed by atoms with van der Waals surface area (Å²) in [5, 5.41) is 8.59. The van der Waals surface area contributed by atoms with Gasteiger partial charge in [-0.25, -0.2) is 9.78 Å². The Morgan fingerprint density at radius 1 is 1.73 bits per heavy atom. The van der Waals surface area contributed by atoms with E-state index in [9.17, 15) is 4.79 Å². The molecule has 0 fully saturated rings. The van der Waals surface area contributed by atoms with E-state index in [1.54, 1.807) is 0 Å². The van der Waals surface area contributed by atoms with E-state index in [1.165, 1.54) is 12.3 Å². The van der Waals surface area contributed by atoms with Crippen molar-refractivity contribution in [3.8, 4) is 0 Å². The van der Waals surface area contributed by atoms with Crippen LogP contribution in [0.3, 0.4) is 0 Å². The molecule has 0 bridgehead atoms. The van der Waals surface area contributed by atoms with Crippen LogP contribution in [0.25, 0.3) is 0 Å². The molecule has 11 heavy (non-hydrogen) atoms. The van der Waals surface area contributed by atoms with Gasteiger partial charge in [0, 0.05) is 11.1 Å². The normalized spacial score (nSPS) is 9.64. The van der Waals surface area contributed by atoms with Crippen molar-refractivity contribution in [3.05, 3.63) is 23.0 Å². The van der Waals surface area contributed by atoms with Gasteiger partial charge in [-0.2, -0.15) is 0 Å². The standard InChI is InChI=1S/C6H4ClNO2S/c7-4-1-3(11)2-8-5(4)6(9)10/h1-2,11H,(H,9,10). The molecule has 3 nitrogen and oxygen atoms in total. The van der Waals surface area contributed by atoms with Crippen LogP contribution in [0.4, 0.5) is 0 Å². The van der Waals surface area contributed by atoms with Gasteiger partial charge in [0.05, 0.1) is 5.02 Å². The quantitative estimate of drug-likeness (QED) is 0.662. The Labute approximate surface area is 73.4 Å². The van der Waals surface area contributed by atoms with Gasteiger partial charge in [0.25, 0.3) is 0 Å². The first kappa shape index (κ1) is 8.36. The van der Waals surface area contributed by atoms with Gasteiger partial charge >= 0.3 is 5.97 Å². The van der Waals surface area contributed by atoms with Gasteiger partial charge in [0.2, 0.25) is 0 Å². The van der Waals surface area contributed by atoms with E-state index >= 15 is 0 Å². The van der Waals surface area contributed by atoms with Crippen LogP contribution in [0.15, 0.2) is 17.2 Å². The van der Waals surface area contributed by atoms with E-state index in [0.29, 0.717) is 4.90 Å². The Hall–Kier alpha value is -0.740. The maximum Gasteiger partial charge on any atom is 0.356 e. The molecular formula is C6H4ClNO2S. The summed E-state index contributed by atoms with van der Waals surface area (Å²) >= 11 is 9.46. The lowest BCUT2D eigenvalue weighted by Gasteiger charge is -1.96. The van der Waals surface area contributed by atoms with E-state index < -0.39 is 5.97 Å². The average Bonchev–Trinajstić information content (AvgIpc) is 1.85. The predicted molar refractivity (Wildman–Crippen MR) is 43.5 cm³/mol. The summed E-state index contributed by atoms with van der Waals surface area (Å²) in [5.74, 6) is -1.14. The molecule has 1 aromatic heterocycles. The predicted octanol–water partition coefficient (Wildman–Crippen LogP) is 1.72. The largest absolute Gasteiger partial charge is 0.476 e. The van der Waals surface area contributed by atoms with Crippen molar-refractivity contribution in [3.63, 3.8) is 0 Å². The van der Waals surface area contributed by atoms with Crippen molar-refractivity contribution in [2.24, 2.45) is 0 Å². The van der Waals surface area contributed by atoms with Crippen molar-refractivity contribution in [2.45, 2.75) is 4.90 Å². The zero-order chi connectivity index (χ0) is 8.43. The fraction of sp³-hybridized carbons (Fsp3) is 0. The number of nitrogens with zero attached hydrogens (tertiary/aromatic N) is 1. The highest BCUT2D eigenvalue weighted by Gasteiger charge is 2.09. The molecule has 0 saturated carbocycles. The molecule has 0 spiro atoms. The van der Waals surface area contributed by atoms with Gasteiger partial charge in [-0.1, -0.05) is 11.6 Å². The van der Waals surface area contributed by atoms with Gasteiger partial charge in [-0.3, -0.25) is 0 Å². The van der Waals surface area contributed by atoms with Crippen LogP contribution in [0.2, 0.25) is 5.02 Å². The molecule has 0 aromatic carbocycles. The number of aromatic carboxylic acids is 1. The number of aromatic nitrogens is 1. The van der Waals surface area contributed by atoms with Crippen LogP contribution >= 0.6 is 24.2 Å². The number of carboxylic acid groups (broad SMARTS) is 1. The number of carboxylic acids is 1. The molecule has 58 valence electrons. The smallest absolute Gasteiger partial charge is 0.356 e. The monoisotopic (exact) mass is 189 g/mol. The summed E-state index contributed by atoms with van der Waals surface area (Å²) < 4.78 is 0. The van der Waals surface area contributed by atoms with Crippen LogP contribution in [0.1, 0.15) is 10.5 Å². The fourth-order valence-electron chi connectivity index (χ4n) is 0.585. The topological polar surface area (TPSA) is 50.2 Å². The molecule has 5 heteroatoms. The molecule has 0 aliphatic rings. The number of thiol groups is 1. The molecule has 0 radical (unpaired) electrons. The molecule has 1 N–H and O–H groups in total. The van der Waals surface area contributed by atoms with Crippen LogP contribution in [0, 0.1) is 0 Å². The maximum absolute atomic E-state index is 10.4. The van der Waals surface area contributed by atoms with Crippen molar-refractivity contribution < 1.29 is 9.90 Å². The van der Waals surface area contributed by atoms with E-state index in [2.05, 4.69) is 17.6 Å². The molecule has 0 aliphatic carbocycles. The number of pyridine rings is 1. The molecular weight excluding hydrogens is 186 g/mol. The van der Waals surface area contributed by atoms with Gasteiger partial charge in [-0.15, -0.1) is 12.6 Å². The lowest BCUT2D eigenvalue weighted by Crippen LogP contribution is -2.00. The Bertz CT molecular complexity index is 303. The summed E-state index contributed by atoms with van der Waals surface area (Å²) in [7, 11) is 0. The lowest BCUT2D eigenvalue weighted by molar-refractivity contribution is 0.0690. The number of hydrogen-bond donors (Lipinski definition) is 2. The third-order valence-corrected chi connectivity index (χ3v) is 1.56. The summed E-state index contributed by atoms with van der Waals surface area (Å²) in [4.78, 5) is 14.5. The third kappa shape index (κ3) is 1.85. The molecule has 0 aliphatic heterocycles. The van der Waals surface area contributed by atoms with Gasteiger partial charge < -0.3 is 5.11 Å². The molecule has 0 amide bonds. The molecule has 0 saturated heterocycles. The van der Waals surface area contributed by atoms with E-state index in [1.807, 2.05) is 0 Å². The second-order valence-corrected chi connectivity index (χ2v) is 2.75. The highest BCUT2D eigenvalue weighted by molar-refractivity contribution is 7.80. The minimum absolute atomic E-state index is 0.102. The average molecular weight is 190 g/mol. The van der Waals surface area contributed by atoms with Gasteiger partial charge in [0.15, 0.2) is 5.69 Å². The minimum Gasteiger partial charge on any atom is -0.476 e. The Morgan fingerprint density at radius 2 is 2.36 bits per heavy atom. The summed E-state index contributed by atoms with van der Waals surface area (Å²) in [5.41, 5.74) is -0.149. The Kier molecular flexibility index (Phi) is 2.36. The molecule has 1 aromatic rings. The first-order valence-corrected chi connectivity index (χ1v) is 3.51. The van der Waals surface area contributed by atoms with Crippen molar-refractivity contribution in [2.75, 3.05) is 0 Å². The molecule has 0 unspecified atom stereocenters. The number of rotatable bonds is 1. The number of halogens is 1. The first-order valence-electron chi connectivity index (χ1n) is 2.69. The van der Waals surface area contributed by atoms with E-state index in [-0.39, 0.29) is 10.7 Å². The van der Waals surface area contributed by atoms with Crippen LogP contribution in [-0.4, -0.2) is 16.1 Å². The number of hydrogen-bond acceptors (Lipinski definition) is 3. The molecule has 1 rings (SSSR count). The van der Waals surface area contributed by atoms with Crippen LogP contribution < -0.4 is 0 Å². The highest BCUT2D eigenvalue weighted by Crippen LogP contribution is 2.16. The van der Waals surface area contributed by atoms with Gasteiger partial charge in [-0.05, 0) is 6.07 Å². The SMILES string of the molecule is O=C(O)c1ncc(S)cc1Cl. The van der Waals surface area contributed by atoms with Crippen molar-refractivity contribution in [1.82, 2.24) is 4.98 Å². The zero-order valence-corrected chi connectivity index (χ0v) is 6.93. The van der Waals surface area contributed by atoms with Crippen LogP contribution in [-0.2, 0) is 0 Å². The number of carbonyl (C=O) groups is 1. The van der Waals surface area contributed by atoms with Crippen molar-refractivity contribution >= 4 is 30.2 Å². The third-order valence-electron chi connectivity index (χ3n) is 1.03. The minimum atomic E-state index is -1.14. The lowest BCUT2D eigenvalue weighted by atomic mass is 10.3. The second-order valence-electron chi connectivity index (χ2n) is 1.83. The fourth-order valence-corrected chi connectivity index (χ4v) is 1.10. The van der Waals surface area contributed by atoms with Crippen LogP contribution in [0.5, 0.6) is 0 Å². The summed E-state index contributed by atoms with van der Waals surface area (Å²) in [6.07, 6.45) is 1.33. The van der Waals surface area contributed by atoms with Crippen molar-refractivity contribution in [1.29, 1.82) is 0 Å².